The van der Waals surface area contributed by atoms with Gasteiger partial charge in [-0.3, -0.25) is 9.59 Å². The molecule has 7 nitrogen and oxygen atoms in total. The Morgan fingerprint density at radius 2 is 2.04 bits per heavy atom. The normalized spacial score (nSPS) is 11.0. The van der Waals surface area contributed by atoms with Crippen molar-refractivity contribution in [3.05, 3.63) is 40.8 Å². The number of carbonyl (C=O) groups is 2. The Balaban J connectivity index is 0.00000338. The Hall–Kier alpha value is -1.87. The first-order valence-corrected chi connectivity index (χ1v) is 8.83. The number of carbonyl (C=O) groups excluding carboxylic acids is 2. The van der Waals surface area contributed by atoms with Crippen molar-refractivity contribution in [1.82, 2.24) is 10.3 Å². The Labute approximate surface area is 174 Å². The second-order valence-electron chi connectivity index (χ2n) is 5.83. The highest BCUT2D eigenvalue weighted by atomic mass is 35.5. The van der Waals surface area contributed by atoms with Crippen LogP contribution in [0.1, 0.15) is 19.5 Å². The Kier molecular flexibility index (Phi) is 11.6. The molecule has 0 aliphatic rings. The van der Waals surface area contributed by atoms with Gasteiger partial charge in [-0.15, -0.1) is 36.2 Å². The zero-order chi connectivity index (χ0) is 18.2. The van der Waals surface area contributed by atoms with Crippen LogP contribution in [0, 0.1) is 5.92 Å². The van der Waals surface area contributed by atoms with E-state index in [1.165, 1.54) is 11.3 Å². The van der Waals surface area contributed by atoms with E-state index >= 15 is 0 Å². The van der Waals surface area contributed by atoms with Gasteiger partial charge in [-0.1, -0.05) is 19.9 Å². The minimum absolute atomic E-state index is 0. The number of ether oxygens (including phenoxy) is 1. The number of nitrogens with zero attached hydrogens (tertiary/aromatic N) is 1. The molecule has 0 spiro atoms. The van der Waals surface area contributed by atoms with Crippen LogP contribution in [0.25, 0.3) is 0 Å². The quantitative estimate of drug-likeness (QED) is 0.591. The number of nitrogens with one attached hydrogen (secondary N) is 2. The topological polar surface area (TPSA) is 106 Å². The molecule has 0 saturated carbocycles. The van der Waals surface area contributed by atoms with Gasteiger partial charge in [0.15, 0.2) is 0 Å². The summed E-state index contributed by atoms with van der Waals surface area (Å²) in [6.45, 7) is 3.93. The lowest BCUT2D eigenvalue weighted by atomic mass is 10.1. The van der Waals surface area contributed by atoms with Gasteiger partial charge in [0.05, 0.1) is 23.8 Å². The number of benzene rings is 1. The highest BCUT2D eigenvalue weighted by Gasteiger charge is 2.17. The molecule has 1 aromatic heterocycles. The molecule has 0 bridgehead atoms. The summed E-state index contributed by atoms with van der Waals surface area (Å²) < 4.78 is 5.64. The van der Waals surface area contributed by atoms with Crippen LogP contribution in [0.2, 0.25) is 0 Å². The molecule has 10 heteroatoms. The van der Waals surface area contributed by atoms with Crippen LogP contribution in [-0.4, -0.2) is 29.4 Å². The molecule has 0 radical (unpaired) electrons. The van der Waals surface area contributed by atoms with Crippen LogP contribution in [0.5, 0.6) is 5.75 Å². The van der Waals surface area contributed by atoms with E-state index in [4.69, 9.17) is 10.5 Å². The predicted octanol–water partition coefficient (Wildman–Crippen LogP) is 2.60. The van der Waals surface area contributed by atoms with Crippen LogP contribution in [0.3, 0.4) is 0 Å². The van der Waals surface area contributed by atoms with Gasteiger partial charge >= 0.3 is 0 Å². The molecule has 150 valence electrons. The molecule has 0 saturated heterocycles. The lowest BCUT2D eigenvalue weighted by Gasteiger charge is -2.15. The maximum Gasteiger partial charge on any atom is 0.243 e. The second-order valence-corrected chi connectivity index (χ2v) is 6.55. The molecule has 27 heavy (non-hydrogen) atoms. The minimum atomic E-state index is -0.629. The Morgan fingerprint density at radius 3 is 2.67 bits per heavy atom. The standard InChI is InChI=1S/C17H22N4O3S.2ClH/c1-11(2)16(18)17(23)19-7-15(22)21-12-4-3-5-14(6-12)24-8-13-9-25-10-20-13;;/h3-6,9-11,16H,7-8,18H2,1-2H3,(H,19,23)(H,21,22);2*1H/t16-;;/m0../s1. The average molecular weight is 435 g/mol. The zero-order valence-corrected chi connectivity index (χ0v) is 17.5. The van der Waals surface area contributed by atoms with Gasteiger partial charge in [-0.05, 0) is 18.1 Å². The largest absolute Gasteiger partial charge is 0.487 e. The molecule has 2 rings (SSSR count). The lowest BCUT2D eigenvalue weighted by molar-refractivity contribution is -0.125. The maximum absolute atomic E-state index is 11.9. The smallest absolute Gasteiger partial charge is 0.243 e. The summed E-state index contributed by atoms with van der Waals surface area (Å²) in [5.41, 5.74) is 8.91. The summed E-state index contributed by atoms with van der Waals surface area (Å²) in [5.74, 6) is -0.0438. The summed E-state index contributed by atoms with van der Waals surface area (Å²) in [5, 5.41) is 7.15. The molecular weight excluding hydrogens is 411 g/mol. The van der Waals surface area contributed by atoms with Crippen LogP contribution in [0.4, 0.5) is 5.69 Å². The molecule has 1 aromatic carbocycles. The number of anilines is 1. The number of hydrogen-bond acceptors (Lipinski definition) is 6. The van der Waals surface area contributed by atoms with E-state index < -0.39 is 6.04 Å². The maximum atomic E-state index is 11.9. The fraction of sp³-hybridized carbons (Fsp3) is 0.353. The van der Waals surface area contributed by atoms with Crippen LogP contribution < -0.4 is 21.1 Å². The van der Waals surface area contributed by atoms with Gasteiger partial charge in [-0.25, -0.2) is 4.98 Å². The van der Waals surface area contributed by atoms with Crippen LogP contribution in [0.15, 0.2) is 35.2 Å². The fourth-order valence-corrected chi connectivity index (χ4v) is 2.47. The number of halogens is 2. The van der Waals surface area contributed by atoms with Crippen LogP contribution in [-0.2, 0) is 16.2 Å². The number of thiazole rings is 1. The third kappa shape index (κ3) is 8.57. The number of nitrogens with two attached hydrogens (primary N) is 1. The van der Waals surface area contributed by atoms with Crippen molar-refractivity contribution in [2.45, 2.75) is 26.5 Å². The van der Waals surface area contributed by atoms with Gasteiger partial charge in [0, 0.05) is 17.1 Å². The van der Waals surface area contributed by atoms with Gasteiger partial charge in [0.1, 0.15) is 12.4 Å². The van der Waals surface area contributed by atoms with Crippen molar-refractivity contribution < 1.29 is 14.3 Å². The SMILES string of the molecule is CC(C)[C@H](N)C(=O)NCC(=O)Nc1cccc(OCc2cscn2)c1.Cl.Cl. The first kappa shape index (κ1) is 25.1. The summed E-state index contributed by atoms with van der Waals surface area (Å²) in [4.78, 5) is 27.8. The monoisotopic (exact) mass is 434 g/mol. The first-order chi connectivity index (χ1) is 12.0. The van der Waals surface area contributed by atoms with Crippen molar-refractivity contribution in [2.24, 2.45) is 11.7 Å². The number of rotatable bonds is 8. The van der Waals surface area contributed by atoms with E-state index in [0.29, 0.717) is 18.0 Å². The van der Waals surface area contributed by atoms with E-state index in [2.05, 4.69) is 15.6 Å². The molecule has 0 fully saturated rings. The van der Waals surface area contributed by atoms with Crippen molar-refractivity contribution in [3.63, 3.8) is 0 Å². The second kappa shape index (κ2) is 12.5. The van der Waals surface area contributed by atoms with E-state index in [-0.39, 0.29) is 49.1 Å². The van der Waals surface area contributed by atoms with Crippen molar-refractivity contribution in [3.8, 4) is 5.75 Å². The summed E-state index contributed by atoms with van der Waals surface area (Å²) in [7, 11) is 0. The van der Waals surface area contributed by atoms with Gasteiger partial charge in [0.25, 0.3) is 0 Å². The molecule has 2 aromatic rings. The molecular formula is C17H24Cl2N4O3S. The molecule has 4 N–H and O–H groups in total. The van der Waals surface area contributed by atoms with E-state index in [0.717, 1.165) is 5.69 Å². The fourth-order valence-electron chi connectivity index (χ4n) is 1.92. The van der Waals surface area contributed by atoms with Crippen molar-refractivity contribution in [1.29, 1.82) is 0 Å². The average Bonchev–Trinajstić information content (AvgIpc) is 3.11. The number of hydrogen-bond donors (Lipinski definition) is 3. The third-order valence-electron chi connectivity index (χ3n) is 3.43. The van der Waals surface area contributed by atoms with Gasteiger partial charge in [0.2, 0.25) is 11.8 Å². The first-order valence-electron chi connectivity index (χ1n) is 7.89. The summed E-state index contributed by atoms with van der Waals surface area (Å²) >= 11 is 1.51. The molecule has 0 unspecified atom stereocenters. The summed E-state index contributed by atoms with van der Waals surface area (Å²) in [6.07, 6.45) is 0. The molecule has 2 amide bonds. The van der Waals surface area contributed by atoms with E-state index in [9.17, 15) is 9.59 Å². The van der Waals surface area contributed by atoms with E-state index in [1.807, 2.05) is 19.2 Å². The molecule has 0 aliphatic heterocycles. The van der Waals surface area contributed by atoms with Crippen molar-refractivity contribution >= 4 is 53.7 Å². The third-order valence-corrected chi connectivity index (χ3v) is 4.07. The predicted molar refractivity (Wildman–Crippen MR) is 112 cm³/mol. The molecule has 1 heterocycles. The molecule has 1 atom stereocenters. The van der Waals surface area contributed by atoms with Crippen molar-refractivity contribution in [2.75, 3.05) is 11.9 Å². The summed E-state index contributed by atoms with van der Waals surface area (Å²) in [6, 6.07) is 6.40. The van der Waals surface area contributed by atoms with Gasteiger partial charge < -0.3 is 21.1 Å². The number of aromatic nitrogens is 1. The van der Waals surface area contributed by atoms with E-state index in [1.54, 1.807) is 29.8 Å². The highest BCUT2D eigenvalue weighted by Crippen LogP contribution is 2.18. The van der Waals surface area contributed by atoms with Gasteiger partial charge in [-0.2, -0.15) is 0 Å². The Bertz CT molecular complexity index is 714. The minimum Gasteiger partial charge on any atom is -0.487 e. The Morgan fingerprint density at radius 1 is 1.30 bits per heavy atom. The molecule has 0 aliphatic carbocycles. The zero-order valence-electron chi connectivity index (χ0n) is 15.0. The highest BCUT2D eigenvalue weighted by molar-refractivity contribution is 7.07. The number of amides is 2. The van der Waals surface area contributed by atoms with Crippen LogP contribution >= 0.6 is 36.2 Å². The lowest BCUT2D eigenvalue weighted by Crippen LogP contribution is -2.46.